The molecule has 0 saturated carbocycles. The van der Waals surface area contributed by atoms with Crippen LogP contribution in [-0.4, -0.2) is 11.6 Å². The van der Waals surface area contributed by atoms with Gasteiger partial charge in [-0.3, -0.25) is 0 Å². The Morgan fingerprint density at radius 3 is 2.39 bits per heavy atom. The zero-order chi connectivity index (χ0) is 19.6. The molecule has 0 aliphatic heterocycles. The van der Waals surface area contributed by atoms with Gasteiger partial charge in [-0.15, -0.1) is 0 Å². The van der Waals surface area contributed by atoms with Gasteiger partial charge in [-0.25, -0.2) is 4.79 Å². The van der Waals surface area contributed by atoms with Crippen LogP contribution in [0.2, 0.25) is 0 Å². The molecule has 2 N–H and O–H groups in total. The minimum absolute atomic E-state index is 0.0291. The van der Waals surface area contributed by atoms with E-state index >= 15 is 0 Å². The number of benzene rings is 3. The molecule has 4 heteroatoms. The zero-order valence-electron chi connectivity index (χ0n) is 15.6. The lowest BCUT2D eigenvalue weighted by molar-refractivity contribution is 0.237. The van der Waals surface area contributed by atoms with Crippen LogP contribution >= 0.6 is 0 Å². The first-order chi connectivity index (χ1) is 13.6. The number of anilines is 1. The SMILES string of the molecule is C[C@@]1(NC(=O)Nc2ccccc2)Cc2ccc(C#N)cc2[C@@H]1c1ccccc1. The molecule has 0 radical (unpaired) electrons. The molecule has 3 aromatic carbocycles. The monoisotopic (exact) mass is 367 g/mol. The predicted octanol–water partition coefficient (Wildman–Crippen LogP) is 4.83. The first-order valence-electron chi connectivity index (χ1n) is 9.31. The summed E-state index contributed by atoms with van der Waals surface area (Å²) >= 11 is 0. The molecule has 28 heavy (non-hydrogen) atoms. The van der Waals surface area contributed by atoms with Crippen LogP contribution in [0.3, 0.4) is 0 Å². The van der Waals surface area contributed by atoms with Gasteiger partial charge < -0.3 is 10.6 Å². The van der Waals surface area contributed by atoms with E-state index < -0.39 is 5.54 Å². The van der Waals surface area contributed by atoms with E-state index in [1.165, 1.54) is 0 Å². The second-order valence-corrected chi connectivity index (χ2v) is 7.41. The Labute approximate surface area is 164 Å². The van der Waals surface area contributed by atoms with Crippen LogP contribution in [0.1, 0.15) is 35.1 Å². The summed E-state index contributed by atoms with van der Waals surface area (Å²) in [6.45, 7) is 2.07. The summed E-state index contributed by atoms with van der Waals surface area (Å²) in [5.74, 6) is -0.0291. The highest BCUT2D eigenvalue weighted by molar-refractivity contribution is 5.90. The zero-order valence-corrected chi connectivity index (χ0v) is 15.6. The van der Waals surface area contributed by atoms with Crippen LogP contribution in [0.5, 0.6) is 0 Å². The molecule has 138 valence electrons. The van der Waals surface area contributed by atoms with Gasteiger partial charge in [-0.1, -0.05) is 54.6 Å². The summed E-state index contributed by atoms with van der Waals surface area (Å²) in [4.78, 5) is 12.8. The van der Waals surface area contributed by atoms with Crippen molar-refractivity contribution in [3.05, 3.63) is 101 Å². The number of urea groups is 1. The molecule has 0 bridgehead atoms. The molecule has 4 rings (SSSR count). The second-order valence-electron chi connectivity index (χ2n) is 7.41. The molecule has 0 heterocycles. The number of fused-ring (bicyclic) bond motifs is 1. The lowest BCUT2D eigenvalue weighted by Crippen LogP contribution is -2.51. The fourth-order valence-electron chi connectivity index (χ4n) is 4.19. The number of nitriles is 1. The third-order valence-corrected chi connectivity index (χ3v) is 5.34. The van der Waals surface area contributed by atoms with E-state index in [0.29, 0.717) is 12.0 Å². The van der Waals surface area contributed by atoms with Gasteiger partial charge in [0.05, 0.1) is 17.2 Å². The fourth-order valence-corrected chi connectivity index (χ4v) is 4.19. The van der Waals surface area contributed by atoms with E-state index in [4.69, 9.17) is 0 Å². The topological polar surface area (TPSA) is 64.9 Å². The molecule has 0 fully saturated rings. The summed E-state index contributed by atoms with van der Waals surface area (Å²) in [7, 11) is 0. The third-order valence-electron chi connectivity index (χ3n) is 5.34. The largest absolute Gasteiger partial charge is 0.331 e. The number of hydrogen-bond acceptors (Lipinski definition) is 2. The number of carbonyl (C=O) groups is 1. The summed E-state index contributed by atoms with van der Waals surface area (Å²) in [6.07, 6.45) is 0.704. The number of rotatable bonds is 3. The van der Waals surface area contributed by atoms with Gasteiger partial charge in [-0.2, -0.15) is 5.26 Å². The van der Waals surface area contributed by atoms with Crippen LogP contribution in [0, 0.1) is 11.3 Å². The maximum atomic E-state index is 12.8. The lowest BCUT2D eigenvalue weighted by Gasteiger charge is -2.33. The smallest absolute Gasteiger partial charge is 0.319 e. The predicted molar refractivity (Wildman–Crippen MR) is 110 cm³/mol. The Bertz CT molecular complexity index is 1040. The second kappa shape index (κ2) is 7.21. The normalized spacial score (nSPS) is 20.1. The molecule has 0 spiro atoms. The van der Waals surface area contributed by atoms with E-state index in [0.717, 1.165) is 22.4 Å². The van der Waals surface area contributed by atoms with Gasteiger partial charge in [0.1, 0.15) is 0 Å². The molecule has 2 atom stereocenters. The van der Waals surface area contributed by atoms with Gasteiger partial charge in [0.2, 0.25) is 0 Å². The number of carbonyl (C=O) groups excluding carboxylic acids is 1. The number of nitrogens with one attached hydrogen (secondary N) is 2. The average Bonchev–Trinajstić information content (AvgIpc) is 2.99. The Balaban J connectivity index is 1.68. The Morgan fingerprint density at radius 2 is 1.71 bits per heavy atom. The van der Waals surface area contributed by atoms with Crippen molar-refractivity contribution in [2.45, 2.75) is 24.8 Å². The molecule has 3 aromatic rings. The summed E-state index contributed by atoms with van der Waals surface area (Å²) < 4.78 is 0. The van der Waals surface area contributed by atoms with Crippen molar-refractivity contribution in [3.63, 3.8) is 0 Å². The summed E-state index contributed by atoms with van der Waals surface area (Å²) in [5.41, 5.74) is 4.28. The van der Waals surface area contributed by atoms with Gasteiger partial charge in [-0.05, 0) is 54.3 Å². The fraction of sp³-hybridized carbons (Fsp3) is 0.167. The maximum absolute atomic E-state index is 12.8. The van der Waals surface area contributed by atoms with Gasteiger partial charge in [0, 0.05) is 11.6 Å². The van der Waals surface area contributed by atoms with Crippen molar-refractivity contribution in [3.8, 4) is 6.07 Å². The molecule has 4 nitrogen and oxygen atoms in total. The minimum Gasteiger partial charge on any atom is -0.331 e. The molecule has 0 aromatic heterocycles. The number of hydrogen-bond donors (Lipinski definition) is 2. The van der Waals surface area contributed by atoms with Crippen molar-refractivity contribution < 1.29 is 4.79 Å². The summed E-state index contributed by atoms with van der Waals surface area (Å²) in [6, 6.07) is 27.4. The number of amides is 2. The van der Waals surface area contributed by atoms with E-state index in [1.54, 1.807) is 0 Å². The van der Waals surface area contributed by atoms with Crippen LogP contribution in [0.15, 0.2) is 78.9 Å². The first kappa shape index (κ1) is 17.8. The number of para-hydroxylation sites is 1. The lowest BCUT2D eigenvalue weighted by atomic mass is 9.81. The highest BCUT2D eigenvalue weighted by atomic mass is 16.2. The summed E-state index contributed by atoms with van der Waals surface area (Å²) in [5, 5.41) is 15.5. The molecule has 2 amide bonds. The average molecular weight is 367 g/mol. The molecule has 0 saturated heterocycles. The standard InChI is InChI=1S/C24H21N3O/c1-24(27-23(28)26-20-10-6-3-7-11-20)15-19-13-12-17(16-25)14-21(19)22(24)18-8-4-2-5-9-18/h2-14,22H,15H2,1H3,(H2,26,27,28)/t22-,24+/m0/s1. The van der Waals surface area contributed by atoms with Gasteiger partial charge in [0.15, 0.2) is 0 Å². The minimum atomic E-state index is -0.503. The molecule has 1 aliphatic carbocycles. The van der Waals surface area contributed by atoms with Crippen molar-refractivity contribution >= 4 is 11.7 Å². The van der Waals surface area contributed by atoms with Crippen molar-refractivity contribution in [2.24, 2.45) is 0 Å². The molecule has 0 unspecified atom stereocenters. The Hall–Kier alpha value is -3.58. The van der Waals surface area contributed by atoms with Gasteiger partial charge in [0.25, 0.3) is 0 Å². The molecular formula is C24H21N3O. The Kier molecular flexibility index (Phi) is 4.58. The maximum Gasteiger partial charge on any atom is 0.319 e. The van der Waals surface area contributed by atoms with Crippen molar-refractivity contribution in [1.82, 2.24) is 5.32 Å². The third kappa shape index (κ3) is 3.35. The quantitative estimate of drug-likeness (QED) is 0.696. The Morgan fingerprint density at radius 1 is 1.04 bits per heavy atom. The first-order valence-corrected chi connectivity index (χ1v) is 9.31. The van der Waals surface area contributed by atoms with E-state index in [-0.39, 0.29) is 11.9 Å². The number of nitrogens with zero attached hydrogens (tertiary/aromatic N) is 1. The van der Waals surface area contributed by atoms with E-state index in [1.807, 2.05) is 66.7 Å². The van der Waals surface area contributed by atoms with E-state index in [2.05, 4.69) is 35.8 Å². The van der Waals surface area contributed by atoms with Crippen LogP contribution < -0.4 is 10.6 Å². The van der Waals surface area contributed by atoms with Crippen molar-refractivity contribution in [2.75, 3.05) is 5.32 Å². The van der Waals surface area contributed by atoms with E-state index in [9.17, 15) is 10.1 Å². The van der Waals surface area contributed by atoms with Crippen LogP contribution in [-0.2, 0) is 6.42 Å². The van der Waals surface area contributed by atoms with Crippen molar-refractivity contribution in [1.29, 1.82) is 5.26 Å². The molecular weight excluding hydrogens is 346 g/mol. The van der Waals surface area contributed by atoms with Crippen LogP contribution in [0.25, 0.3) is 0 Å². The van der Waals surface area contributed by atoms with Gasteiger partial charge >= 0.3 is 6.03 Å². The molecule has 1 aliphatic rings. The highest BCUT2D eigenvalue weighted by Crippen LogP contribution is 2.45. The van der Waals surface area contributed by atoms with Crippen LogP contribution in [0.4, 0.5) is 10.5 Å². The highest BCUT2D eigenvalue weighted by Gasteiger charge is 2.44.